The van der Waals surface area contributed by atoms with Crippen LogP contribution in [0.3, 0.4) is 0 Å². The first-order chi connectivity index (χ1) is 6.75. The van der Waals surface area contributed by atoms with Crippen LogP contribution >= 0.6 is 23.4 Å². The Hall–Kier alpha value is -1.00. The van der Waals surface area contributed by atoms with Crippen LogP contribution in [0, 0.1) is 0 Å². The number of thioether (sulfide) groups is 1. The number of benzene rings is 1. The van der Waals surface area contributed by atoms with Crippen LogP contribution in [-0.4, -0.2) is 21.2 Å². The molecule has 0 bridgehead atoms. The average Bonchev–Trinajstić information content (AvgIpc) is 2.67. The normalized spacial score (nSPS) is 15.1. The van der Waals surface area contributed by atoms with Gasteiger partial charge >= 0.3 is 0 Å². The van der Waals surface area contributed by atoms with E-state index in [1.807, 2.05) is 6.07 Å². The summed E-state index contributed by atoms with van der Waals surface area (Å²) >= 11 is 7.33. The molecule has 0 unspecified atom stereocenters. The Kier molecular flexibility index (Phi) is 1.63. The van der Waals surface area contributed by atoms with Crippen LogP contribution in [0.4, 0.5) is 0 Å². The quantitative estimate of drug-likeness (QED) is 0.690. The van der Waals surface area contributed by atoms with E-state index in [1.54, 1.807) is 16.7 Å². The van der Waals surface area contributed by atoms with E-state index in [-0.39, 0.29) is 5.91 Å². The van der Waals surface area contributed by atoms with Gasteiger partial charge in [0, 0.05) is 5.02 Å². The van der Waals surface area contributed by atoms with Crippen LogP contribution in [-0.2, 0) is 0 Å². The summed E-state index contributed by atoms with van der Waals surface area (Å²) in [6, 6.07) is 5.38. The van der Waals surface area contributed by atoms with Gasteiger partial charge in [-0.05, 0) is 18.2 Å². The molecule has 1 aliphatic rings. The van der Waals surface area contributed by atoms with Gasteiger partial charge in [-0.3, -0.25) is 9.36 Å². The van der Waals surface area contributed by atoms with Gasteiger partial charge in [0.25, 0.3) is 0 Å². The number of fused-ring (bicyclic) bond motifs is 3. The largest absolute Gasteiger partial charge is 0.273 e. The van der Waals surface area contributed by atoms with Gasteiger partial charge in [-0.2, -0.15) is 0 Å². The summed E-state index contributed by atoms with van der Waals surface area (Å²) in [4.78, 5) is 15.8. The lowest BCUT2D eigenvalue weighted by Crippen LogP contribution is -2.05. The van der Waals surface area contributed by atoms with E-state index in [9.17, 15) is 4.79 Å². The number of carbonyl (C=O) groups excluding carboxylic acids is 1. The third-order valence-corrected chi connectivity index (χ3v) is 3.32. The molecule has 0 saturated carbocycles. The first kappa shape index (κ1) is 8.32. The van der Waals surface area contributed by atoms with Crippen molar-refractivity contribution in [2.75, 3.05) is 5.75 Å². The lowest BCUT2D eigenvalue weighted by Gasteiger charge is -1.95. The number of rotatable bonds is 0. The van der Waals surface area contributed by atoms with Crippen molar-refractivity contribution in [3.8, 4) is 0 Å². The molecule has 0 N–H and O–H groups in total. The molecular weight excluding hydrogens is 220 g/mol. The Labute approximate surface area is 89.1 Å². The van der Waals surface area contributed by atoms with Gasteiger partial charge in [-0.1, -0.05) is 23.4 Å². The average molecular weight is 225 g/mol. The standard InChI is InChI=1S/C9H5ClN2OS/c10-5-1-2-6-7(3-5)12-8(13)4-14-9(12)11-6/h1-3H,4H2. The van der Waals surface area contributed by atoms with E-state index in [0.29, 0.717) is 10.8 Å². The highest BCUT2D eigenvalue weighted by molar-refractivity contribution is 8.00. The molecule has 2 aromatic rings. The highest BCUT2D eigenvalue weighted by Crippen LogP contribution is 2.30. The zero-order valence-corrected chi connectivity index (χ0v) is 8.60. The maximum Gasteiger partial charge on any atom is 0.243 e. The van der Waals surface area contributed by atoms with Crippen molar-refractivity contribution in [2.24, 2.45) is 0 Å². The second-order valence-corrected chi connectivity index (χ2v) is 4.42. The summed E-state index contributed by atoms with van der Waals surface area (Å²) in [5.74, 6) is 0.555. The molecule has 0 spiro atoms. The van der Waals surface area contributed by atoms with Crippen molar-refractivity contribution < 1.29 is 4.79 Å². The van der Waals surface area contributed by atoms with Crippen molar-refractivity contribution in [3.63, 3.8) is 0 Å². The number of imidazole rings is 1. The topological polar surface area (TPSA) is 34.9 Å². The van der Waals surface area contributed by atoms with Crippen LogP contribution in [0.2, 0.25) is 5.02 Å². The van der Waals surface area contributed by atoms with Gasteiger partial charge in [0.15, 0.2) is 5.16 Å². The summed E-state index contributed by atoms with van der Waals surface area (Å²) in [6.07, 6.45) is 0. The predicted molar refractivity (Wildman–Crippen MR) is 56.1 cm³/mol. The molecule has 0 saturated heterocycles. The van der Waals surface area contributed by atoms with Crippen molar-refractivity contribution in [2.45, 2.75) is 5.16 Å². The van der Waals surface area contributed by atoms with E-state index in [2.05, 4.69) is 4.98 Å². The number of hydrogen-bond acceptors (Lipinski definition) is 3. The van der Waals surface area contributed by atoms with Gasteiger partial charge in [0.1, 0.15) is 0 Å². The fraction of sp³-hybridized carbons (Fsp3) is 0.111. The summed E-state index contributed by atoms with van der Waals surface area (Å²) in [5.41, 5.74) is 1.63. The first-order valence-corrected chi connectivity index (χ1v) is 5.46. The molecule has 1 aromatic heterocycles. The molecule has 2 heterocycles. The van der Waals surface area contributed by atoms with E-state index in [4.69, 9.17) is 11.6 Å². The van der Waals surface area contributed by atoms with Crippen LogP contribution in [0.5, 0.6) is 0 Å². The summed E-state index contributed by atoms with van der Waals surface area (Å²) in [6.45, 7) is 0. The molecule has 0 radical (unpaired) electrons. The lowest BCUT2D eigenvalue weighted by molar-refractivity contribution is 0.0944. The molecule has 70 valence electrons. The molecule has 3 rings (SSSR count). The zero-order chi connectivity index (χ0) is 9.71. The Morgan fingerprint density at radius 1 is 1.50 bits per heavy atom. The molecule has 0 fully saturated rings. The Morgan fingerprint density at radius 2 is 2.36 bits per heavy atom. The van der Waals surface area contributed by atoms with Crippen LogP contribution in [0.25, 0.3) is 11.0 Å². The van der Waals surface area contributed by atoms with E-state index in [1.165, 1.54) is 11.8 Å². The molecule has 1 aliphatic heterocycles. The summed E-state index contributed by atoms with van der Waals surface area (Å²) in [5, 5.41) is 1.40. The monoisotopic (exact) mass is 224 g/mol. The molecule has 0 aliphatic carbocycles. The molecule has 14 heavy (non-hydrogen) atoms. The molecule has 1 aromatic carbocycles. The van der Waals surface area contributed by atoms with Crippen LogP contribution < -0.4 is 0 Å². The smallest absolute Gasteiger partial charge is 0.243 e. The van der Waals surface area contributed by atoms with Gasteiger partial charge in [-0.25, -0.2) is 4.98 Å². The number of carbonyl (C=O) groups is 1. The molecule has 3 nitrogen and oxygen atoms in total. The van der Waals surface area contributed by atoms with Crippen molar-refractivity contribution >= 4 is 40.3 Å². The number of nitrogens with zero attached hydrogens (tertiary/aromatic N) is 2. The van der Waals surface area contributed by atoms with E-state index >= 15 is 0 Å². The molecule has 5 heteroatoms. The zero-order valence-electron chi connectivity index (χ0n) is 7.03. The minimum absolute atomic E-state index is 0.0785. The Morgan fingerprint density at radius 3 is 3.21 bits per heavy atom. The number of halogens is 1. The second kappa shape index (κ2) is 2.74. The van der Waals surface area contributed by atoms with Crippen molar-refractivity contribution in [1.82, 2.24) is 9.55 Å². The third kappa shape index (κ3) is 1.01. The molecular formula is C9H5ClN2OS. The van der Waals surface area contributed by atoms with Gasteiger partial charge in [0.05, 0.1) is 16.8 Å². The molecule has 0 amide bonds. The fourth-order valence-corrected chi connectivity index (χ4v) is 2.60. The van der Waals surface area contributed by atoms with Gasteiger partial charge < -0.3 is 0 Å². The van der Waals surface area contributed by atoms with Crippen LogP contribution in [0.15, 0.2) is 23.4 Å². The fourth-order valence-electron chi connectivity index (χ4n) is 1.55. The SMILES string of the molecule is O=C1CSc2nc3ccc(Cl)cc3n21. The Bertz CT molecular complexity index is 549. The number of hydrogen-bond donors (Lipinski definition) is 0. The minimum atomic E-state index is 0.0785. The first-order valence-electron chi connectivity index (χ1n) is 4.10. The lowest BCUT2D eigenvalue weighted by atomic mass is 10.3. The highest BCUT2D eigenvalue weighted by atomic mass is 35.5. The third-order valence-electron chi connectivity index (χ3n) is 2.16. The maximum atomic E-state index is 11.5. The van der Waals surface area contributed by atoms with Crippen molar-refractivity contribution in [1.29, 1.82) is 0 Å². The highest BCUT2D eigenvalue weighted by Gasteiger charge is 2.23. The van der Waals surface area contributed by atoms with Gasteiger partial charge in [0.2, 0.25) is 5.91 Å². The number of aromatic nitrogens is 2. The predicted octanol–water partition coefficient (Wildman–Crippen LogP) is 2.44. The van der Waals surface area contributed by atoms with E-state index < -0.39 is 0 Å². The maximum absolute atomic E-state index is 11.5. The summed E-state index contributed by atoms with van der Waals surface area (Å²) in [7, 11) is 0. The molecule has 0 atom stereocenters. The Balaban J connectivity index is 2.43. The van der Waals surface area contributed by atoms with Crippen molar-refractivity contribution in [3.05, 3.63) is 23.2 Å². The second-order valence-electron chi connectivity index (χ2n) is 3.05. The van der Waals surface area contributed by atoms with E-state index in [0.717, 1.165) is 16.2 Å². The van der Waals surface area contributed by atoms with Gasteiger partial charge in [-0.15, -0.1) is 0 Å². The minimum Gasteiger partial charge on any atom is -0.273 e. The van der Waals surface area contributed by atoms with Crippen LogP contribution in [0.1, 0.15) is 4.79 Å². The summed E-state index contributed by atoms with van der Waals surface area (Å²) < 4.78 is 1.63.